The summed E-state index contributed by atoms with van der Waals surface area (Å²) < 4.78 is 12.9. The number of carboxylic acids is 1. The molecule has 1 aromatic carbocycles. The fourth-order valence-corrected chi connectivity index (χ4v) is 1.24. The van der Waals surface area contributed by atoms with Crippen LogP contribution in [0.3, 0.4) is 0 Å². The molecular weight excluding hydrogens is 193 g/mol. The summed E-state index contributed by atoms with van der Waals surface area (Å²) in [6.07, 6.45) is -0.294. The van der Waals surface area contributed by atoms with E-state index in [9.17, 15) is 9.18 Å². The second-order valence-electron chi connectivity index (χ2n) is 2.57. The van der Waals surface area contributed by atoms with Crippen LogP contribution in [-0.4, -0.2) is 11.1 Å². The normalized spacial score (nSPS) is 10.0. The van der Waals surface area contributed by atoms with Crippen molar-refractivity contribution in [3.05, 3.63) is 23.5 Å². The lowest BCUT2D eigenvalue weighted by Crippen LogP contribution is -2.05. The number of nitrogen functional groups attached to an aromatic ring is 1. The van der Waals surface area contributed by atoms with Crippen molar-refractivity contribution in [2.45, 2.75) is 11.3 Å². The molecule has 0 saturated carbocycles. The summed E-state index contributed by atoms with van der Waals surface area (Å²) in [7, 11) is 0. The Hall–Kier alpha value is -1.23. The Morgan fingerprint density at radius 3 is 2.77 bits per heavy atom. The van der Waals surface area contributed by atoms with Crippen LogP contribution in [0.5, 0.6) is 0 Å². The Labute approximate surface area is 79.8 Å². The van der Waals surface area contributed by atoms with Gasteiger partial charge in [0.2, 0.25) is 0 Å². The van der Waals surface area contributed by atoms with Crippen LogP contribution in [0.4, 0.5) is 10.1 Å². The van der Waals surface area contributed by atoms with Crippen LogP contribution in [0.15, 0.2) is 17.0 Å². The van der Waals surface area contributed by atoms with E-state index >= 15 is 0 Å². The molecule has 1 aromatic rings. The number of rotatable bonds is 2. The first kappa shape index (κ1) is 9.85. The summed E-state index contributed by atoms with van der Waals surface area (Å²) in [5.74, 6) is -1.69. The fourth-order valence-electron chi connectivity index (χ4n) is 0.968. The molecule has 0 saturated heterocycles. The number of hydrogen-bond donors (Lipinski definition) is 3. The molecular formula is C8H8FNO2S. The maximum absolute atomic E-state index is 12.9. The molecule has 0 aliphatic rings. The summed E-state index contributed by atoms with van der Waals surface area (Å²) in [6.45, 7) is 0. The molecule has 70 valence electrons. The molecule has 0 unspecified atom stereocenters. The van der Waals surface area contributed by atoms with Crippen molar-refractivity contribution in [1.82, 2.24) is 0 Å². The van der Waals surface area contributed by atoms with Crippen LogP contribution in [0.1, 0.15) is 5.56 Å². The van der Waals surface area contributed by atoms with Gasteiger partial charge < -0.3 is 10.8 Å². The summed E-state index contributed by atoms with van der Waals surface area (Å²) in [5.41, 5.74) is 5.45. The van der Waals surface area contributed by atoms with E-state index in [1.54, 1.807) is 0 Å². The quantitative estimate of drug-likeness (QED) is 0.499. The zero-order chi connectivity index (χ0) is 10.0. The molecule has 0 radical (unpaired) electrons. The maximum atomic E-state index is 12.9. The molecule has 0 fully saturated rings. The molecule has 13 heavy (non-hydrogen) atoms. The minimum absolute atomic E-state index is 0.125. The number of halogens is 1. The zero-order valence-corrected chi connectivity index (χ0v) is 7.51. The highest BCUT2D eigenvalue weighted by Gasteiger charge is 2.09. The van der Waals surface area contributed by atoms with Gasteiger partial charge in [-0.3, -0.25) is 4.79 Å². The zero-order valence-electron chi connectivity index (χ0n) is 6.62. The highest BCUT2D eigenvalue weighted by atomic mass is 32.1. The lowest BCUT2D eigenvalue weighted by atomic mass is 10.1. The molecule has 0 spiro atoms. The van der Waals surface area contributed by atoms with Crippen molar-refractivity contribution in [3.8, 4) is 0 Å². The van der Waals surface area contributed by atoms with E-state index in [2.05, 4.69) is 12.6 Å². The van der Waals surface area contributed by atoms with Gasteiger partial charge in [0, 0.05) is 4.90 Å². The monoisotopic (exact) mass is 201 g/mol. The molecule has 0 atom stereocenters. The number of benzene rings is 1. The van der Waals surface area contributed by atoms with Crippen molar-refractivity contribution in [1.29, 1.82) is 0 Å². The van der Waals surface area contributed by atoms with Crippen LogP contribution < -0.4 is 5.73 Å². The lowest BCUT2D eigenvalue weighted by Gasteiger charge is -2.04. The average Bonchev–Trinajstić information content (AvgIpc) is 1.98. The number of aliphatic carboxylic acids is 1. The third-order valence-electron chi connectivity index (χ3n) is 1.54. The third kappa shape index (κ3) is 2.35. The molecule has 5 heteroatoms. The first-order valence-electron chi connectivity index (χ1n) is 3.49. The highest BCUT2D eigenvalue weighted by Crippen LogP contribution is 2.21. The molecule has 0 aromatic heterocycles. The van der Waals surface area contributed by atoms with Gasteiger partial charge >= 0.3 is 5.97 Å². The van der Waals surface area contributed by atoms with E-state index in [-0.39, 0.29) is 17.7 Å². The van der Waals surface area contributed by atoms with Crippen molar-refractivity contribution in [2.24, 2.45) is 0 Å². The van der Waals surface area contributed by atoms with Gasteiger partial charge in [-0.1, -0.05) is 0 Å². The summed E-state index contributed by atoms with van der Waals surface area (Å²) in [5, 5.41) is 8.47. The van der Waals surface area contributed by atoms with Gasteiger partial charge in [0.15, 0.2) is 0 Å². The van der Waals surface area contributed by atoms with Gasteiger partial charge in [-0.05, 0) is 17.7 Å². The van der Waals surface area contributed by atoms with Crippen molar-refractivity contribution < 1.29 is 14.3 Å². The van der Waals surface area contributed by atoms with Gasteiger partial charge in [0.05, 0.1) is 12.1 Å². The number of anilines is 1. The van der Waals surface area contributed by atoms with Gasteiger partial charge in [-0.15, -0.1) is 12.6 Å². The van der Waals surface area contributed by atoms with Crippen molar-refractivity contribution in [2.75, 3.05) is 5.73 Å². The average molecular weight is 201 g/mol. The van der Waals surface area contributed by atoms with Crippen molar-refractivity contribution in [3.63, 3.8) is 0 Å². The molecule has 0 heterocycles. The predicted molar refractivity (Wildman–Crippen MR) is 49.4 cm³/mol. The summed E-state index contributed by atoms with van der Waals surface area (Å²) in [4.78, 5) is 10.7. The number of nitrogens with two attached hydrogens (primary N) is 1. The van der Waals surface area contributed by atoms with E-state index < -0.39 is 11.8 Å². The summed E-state index contributed by atoms with van der Waals surface area (Å²) >= 11 is 3.90. The molecule has 0 aliphatic carbocycles. The molecule has 1 rings (SSSR count). The smallest absolute Gasteiger partial charge is 0.307 e. The maximum Gasteiger partial charge on any atom is 0.307 e. The van der Waals surface area contributed by atoms with Crippen molar-refractivity contribution >= 4 is 24.3 Å². The van der Waals surface area contributed by atoms with E-state index in [1.165, 1.54) is 6.07 Å². The van der Waals surface area contributed by atoms with E-state index in [0.717, 1.165) is 6.07 Å². The Bertz CT molecular complexity index is 354. The fraction of sp³-hybridized carbons (Fsp3) is 0.125. The largest absolute Gasteiger partial charge is 0.481 e. The number of hydrogen-bond acceptors (Lipinski definition) is 3. The Kier molecular flexibility index (Phi) is 2.77. The van der Waals surface area contributed by atoms with Crippen LogP contribution in [0, 0.1) is 5.82 Å². The SMILES string of the molecule is Nc1c(F)cc(S)cc1CC(=O)O. The van der Waals surface area contributed by atoms with Gasteiger partial charge in [0.1, 0.15) is 5.82 Å². The van der Waals surface area contributed by atoms with Crippen LogP contribution in [0.25, 0.3) is 0 Å². The van der Waals surface area contributed by atoms with E-state index in [0.29, 0.717) is 4.90 Å². The molecule has 0 aliphatic heterocycles. The topological polar surface area (TPSA) is 63.3 Å². The second-order valence-corrected chi connectivity index (χ2v) is 3.09. The molecule has 3 nitrogen and oxygen atoms in total. The van der Waals surface area contributed by atoms with Crippen LogP contribution in [-0.2, 0) is 11.2 Å². The minimum atomic E-state index is -1.05. The van der Waals surface area contributed by atoms with Gasteiger partial charge in [-0.2, -0.15) is 0 Å². The number of carbonyl (C=O) groups is 1. The lowest BCUT2D eigenvalue weighted by molar-refractivity contribution is -0.136. The first-order valence-corrected chi connectivity index (χ1v) is 3.94. The number of carboxylic acid groups (broad SMARTS) is 1. The van der Waals surface area contributed by atoms with E-state index in [4.69, 9.17) is 10.8 Å². The second kappa shape index (κ2) is 3.66. The Morgan fingerprint density at radius 2 is 2.23 bits per heavy atom. The standard InChI is InChI=1S/C8H8FNO2S/c9-6-3-5(13)1-4(8(6)10)2-7(11)12/h1,3,13H,2,10H2,(H,11,12). The Morgan fingerprint density at radius 1 is 1.62 bits per heavy atom. The summed E-state index contributed by atoms with van der Waals surface area (Å²) in [6, 6.07) is 2.58. The Balaban J connectivity index is 3.12. The molecule has 0 bridgehead atoms. The molecule has 0 amide bonds. The number of thiol groups is 1. The highest BCUT2D eigenvalue weighted by molar-refractivity contribution is 7.80. The first-order chi connectivity index (χ1) is 6.00. The third-order valence-corrected chi connectivity index (χ3v) is 1.80. The molecule has 3 N–H and O–H groups in total. The van der Waals surface area contributed by atoms with Crippen LogP contribution >= 0.6 is 12.6 Å². The van der Waals surface area contributed by atoms with Gasteiger partial charge in [-0.25, -0.2) is 4.39 Å². The van der Waals surface area contributed by atoms with E-state index in [1.807, 2.05) is 0 Å². The van der Waals surface area contributed by atoms with Crippen LogP contribution in [0.2, 0.25) is 0 Å². The van der Waals surface area contributed by atoms with Gasteiger partial charge in [0.25, 0.3) is 0 Å². The minimum Gasteiger partial charge on any atom is -0.481 e. The predicted octanol–water partition coefficient (Wildman–Crippen LogP) is 1.32.